The highest BCUT2D eigenvalue weighted by Gasteiger charge is 2.35. The maximum absolute atomic E-state index is 4.15. The Morgan fingerprint density at radius 1 is 1.17 bits per heavy atom. The summed E-state index contributed by atoms with van der Waals surface area (Å²) in [7, 11) is 0. The van der Waals surface area contributed by atoms with Gasteiger partial charge in [0.25, 0.3) is 0 Å². The number of aromatic nitrogens is 2. The molecule has 2 aliphatic rings. The summed E-state index contributed by atoms with van der Waals surface area (Å²) in [4.78, 5) is 0. The smallest absolute Gasteiger partial charge is 0.174 e. The van der Waals surface area contributed by atoms with E-state index in [9.17, 15) is 0 Å². The topological polar surface area (TPSA) is 49.8 Å². The van der Waals surface area contributed by atoms with Crippen LogP contribution in [0.1, 0.15) is 43.5 Å². The highest BCUT2D eigenvalue weighted by Crippen LogP contribution is 2.43. The van der Waals surface area contributed by atoms with E-state index in [1.54, 1.807) is 11.3 Å². The average Bonchev–Trinajstić information content (AvgIpc) is 2.92. The first kappa shape index (κ1) is 21.5. The minimum atomic E-state index is 0. The molecule has 2 fully saturated rings. The maximum atomic E-state index is 4.15. The first-order valence-electron chi connectivity index (χ1n) is 8.13. The minimum absolute atomic E-state index is 0. The van der Waals surface area contributed by atoms with Crippen molar-refractivity contribution in [3.63, 3.8) is 0 Å². The SMILES string of the molecule is Cc1nnc(SCCNC2CCC3(CCNCC3)CC2)s1.Cl.Cl. The predicted octanol–water partition coefficient (Wildman–Crippen LogP) is 3.68. The zero-order valence-electron chi connectivity index (χ0n) is 13.7. The molecule has 23 heavy (non-hydrogen) atoms. The molecule has 4 nitrogen and oxygen atoms in total. The minimum Gasteiger partial charge on any atom is -0.317 e. The van der Waals surface area contributed by atoms with Crippen LogP contribution < -0.4 is 10.6 Å². The lowest BCUT2D eigenvalue weighted by molar-refractivity contribution is 0.116. The van der Waals surface area contributed by atoms with Crippen molar-refractivity contribution in [2.24, 2.45) is 5.41 Å². The number of nitrogens with one attached hydrogen (secondary N) is 2. The molecule has 8 heteroatoms. The molecular formula is C15H28Cl2N4S2. The van der Waals surface area contributed by atoms with Gasteiger partial charge in [0.2, 0.25) is 0 Å². The second-order valence-corrected chi connectivity index (χ2v) is 8.94. The van der Waals surface area contributed by atoms with Crippen LogP contribution in [0.25, 0.3) is 0 Å². The summed E-state index contributed by atoms with van der Waals surface area (Å²) in [5.74, 6) is 1.10. The van der Waals surface area contributed by atoms with Crippen LogP contribution in [0.15, 0.2) is 4.34 Å². The van der Waals surface area contributed by atoms with E-state index in [2.05, 4.69) is 20.8 Å². The molecule has 2 N–H and O–H groups in total. The molecule has 1 aliphatic carbocycles. The summed E-state index contributed by atoms with van der Waals surface area (Å²) in [5.41, 5.74) is 0.683. The van der Waals surface area contributed by atoms with Crippen molar-refractivity contribution in [3.8, 4) is 0 Å². The van der Waals surface area contributed by atoms with E-state index in [-0.39, 0.29) is 24.8 Å². The fraction of sp³-hybridized carbons (Fsp3) is 0.867. The van der Waals surface area contributed by atoms with Crippen LogP contribution in [0, 0.1) is 12.3 Å². The molecule has 1 aliphatic heterocycles. The van der Waals surface area contributed by atoms with Gasteiger partial charge in [-0.25, -0.2) is 0 Å². The monoisotopic (exact) mass is 398 g/mol. The number of aryl methyl sites for hydroxylation is 1. The van der Waals surface area contributed by atoms with Crippen molar-refractivity contribution in [1.29, 1.82) is 0 Å². The van der Waals surface area contributed by atoms with E-state index < -0.39 is 0 Å². The summed E-state index contributed by atoms with van der Waals surface area (Å²) in [5, 5.41) is 16.5. The standard InChI is InChI=1S/C15H26N4S2.2ClH/c1-12-18-19-14(21-12)20-11-10-17-13-2-4-15(5-3-13)6-8-16-9-7-15;;/h13,16-17H,2-11H2,1H3;2*1H. The third-order valence-corrected chi connectivity index (χ3v) is 6.95. The second kappa shape index (κ2) is 10.4. The van der Waals surface area contributed by atoms with E-state index in [1.807, 2.05) is 18.7 Å². The van der Waals surface area contributed by atoms with Gasteiger partial charge in [-0.05, 0) is 64.0 Å². The van der Waals surface area contributed by atoms with Crippen LogP contribution in [0.2, 0.25) is 0 Å². The van der Waals surface area contributed by atoms with Crippen LogP contribution in [0.3, 0.4) is 0 Å². The number of nitrogens with zero attached hydrogens (tertiary/aromatic N) is 2. The number of hydrogen-bond acceptors (Lipinski definition) is 6. The van der Waals surface area contributed by atoms with Gasteiger partial charge < -0.3 is 10.6 Å². The molecule has 0 atom stereocenters. The Labute approximate surface area is 160 Å². The number of rotatable bonds is 5. The Morgan fingerprint density at radius 2 is 1.87 bits per heavy atom. The Balaban J connectivity index is 0.00000132. The molecule has 1 saturated carbocycles. The Morgan fingerprint density at radius 3 is 2.48 bits per heavy atom. The van der Waals surface area contributed by atoms with E-state index >= 15 is 0 Å². The summed E-state index contributed by atoms with van der Waals surface area (Å²) >= 11 is 3.52. The largest absolute Gasteiger partial charge is 0.317 e. The van der Waals surface area contributed by atoms with Gasteiger partial charge in [0.1, 0.15) is 5.01 Å². The van der Waals surface area contributed by atoms with E-state index in [4.69, 9.17) is 0 Å². The van der Waals surface area contributed by atoms with Crippen molar-refractivity contribution in [2.75, 3.05) is 25.4 Å². The van der Waals surface area contributed by atoms with Crippen LogP contribution in [-0.4, -0.2) is 41.6 Å². The van der Waals surface area contributed by atoms with Gasteiger partial charge >= 0.3 is 0 Å². The zero-order valence-corrected chi connectivity index (χ0v) is 16.9. The molecule has 0 unspecified atom stereocenters. The van der Waals surface area contributed by atoms with Gasteiger partial charge in [0.15, 0.2) is 4.34 Å². The number of piperidine rings is 1. The Hall–Kier alpha value is 0.410. The lowest BCUT2D eigenvalue weighted by Gasteiger charge is -2.43. The Bertz CT molecular complexity index is 442. The normalized spacial score (nSPS) is 20.7. The summed E-state index contributed by atoms with van der Waals surface area (Å²) in [6, 6.07) is 0.738. The highest BCUT2D eigenvalue weighted by molar-refractivity contribution is 8.01. The molecule has 1 aromatic heterocycles. The third-order valence-electron chi connectivity index (χ3n) is 4.98. The van der Waals surface area contributed by atoms with Gasteiger partial charge in [-0.3, -0.25) is 0 Å². The summed E-state index contributed by atoms with van der Waals surface area (Å²) in [6.07, 6.45) is 8.37. The van der Waals surface area contributed by atoms with E-state index in [0.29, 0.717) is 5.41 Å². The van der Waals surface area contributed by atoms with Crippen molar-refractivity contribution in [1.82, 2.24) is 20.8 Å². The van der Waals surface area contributed by atoms with Crippen molar-refractivity contribution >= 4 is 47.9 Å². The fourth-order valence-corrected chi connectivity index (χ4v) is 5.39. The van der Waals surface area contributed by atoms with Crippen molar-refractivity contribution in [2.45, 2.75) is 55.8 Å². The molecule has 0 aromatic carbocycles. The molecule has 0 radical (unpaired) electrons. The van der Waals surface area contributed by atoms with Gasteiger partial charge in [-0.1, -0.05) is 23.1 Å². The first-order chi connectivity index (χ1) is 10.3. The lowest BCUT2D eigenvalue weighted by atomic mass is 9.67. The summed E-state index contributed by atoms with van der Waals surface area (Å²) < 4.78 is 1.10. The van der Waals surface area contributed by atoms with Crippen molar-refractivity contribution < 1.29 is 0 Å². The first-order valence-corrected chi connectivity index (χ1v) is 9.93. The highest BCUT2D eigenvalue weighted by atomic mass is 35.5. The molecular weight excluding hydrogens is 371 g/mol. The molecule has 3 rings (SSSR count). The molecule has 0 amide bonds. The second-order valence-electron chi connectivity index (χ2n) is 6.41. The third kappa shape index (κ3) is 6.33. The molecule has 1 spiro atoms. The molecule has 2 heterocycles. The van der Waals surface area contributed by atoms with Gasteiger partial charge in [-0.2, -0.15) is 0 Å². The number of thioether (sulfide) groups is 1. The molecule has 1 saturated heterocycles. The molecule has 0 bridgehead atoms. The number of hydrogen-bond donors (Lipinski definition) is 2. The van der Waals surface area contributed by atoms with Crippen LogP contribution in [-0.2, 0) is 0 Å². The summed E-state index contributed by atoms with van der Waals surface area (Å²) in [6.45, 7) is 5.56. The van der Waals surface area contributed by atoms with Crippen LogP contribution in [0.5, 0.6) is 0 Å². The average molecular weight is 399 g/mol. The molecule has 1 aromatic rings. The van der Waals surface area contributed by atoms with E-state index in [0.717, 1.165) is 27.7 Å². The number of halogens is 2. The van der Waals surface area contributed by atoms with Gasteiger partial charge in [0, 0.05) is 18.3 Å². The quantitative estimate of drug-likeness (QED) is 0.584. The predicted molar refractivity (Wildman–Crippen MR) is 105 cm³/mol. The zero-order chi connectivity index (χ0) is 14.5. The van der Waals surface area contributed by atoms with E-state index in [1.165, 1.54) is 51.6 Å². The fourth-order valence-electron chi connectivity index (χ4n) is 3.63. The van der Waals surface area contributed by atoms with Crippen LogP contribution in [0.4, 0.5) is 0 Å². The van der Waals surface area contributed by atoms with Gasteiger partial charge in [-0.15, -0.1) is 35.0 Å². The van der Waals surface area contributed by atoms with Gasteiger partial charge in [0.05, 0.1) is 0 Å². The Kier molecular flexibility index (Phi) is 9.71. The van der Waals surface area contributed by atoms with Crippen LogP contribution >= 0.6 is 47.9 Å². The van der Waals surface area contributed by atoms with Crippen molar-refractivity contribution in [3.05, 3.63) is 5.01 Å². The molecule has 134 valence electrons. The maximum Gasteiger partial charge on any atom is 0.174 e. The lowest BCUT2D eigenvalue weighted by Crippen LogP contribution is -2.43.